The first-order valence-corrected chi connectivity index (χ1v) is 4.57. The minimum Gasteiger partial charge on any atom is -0.379 e. The van der Waals surface area contributed by atoms with Crippen LogP contribution in [0.25, 0.3) is 0 Å². The van der Waals surface area contributed by atoms with Crippen molar-refractivity contribution in [3.63, 3.8) is 0 Å². The molecular weight excluding hydrogens is 150 g/mol. The van der Waals surface area contributed by atoms with Gasteiger partial charge in [0.2, 0.25) is 0 Å². The Morgan fingerprint density at radius 1 is 1.08 bits per heavy atom. The summed E-state index contributed by atoms with van der Waals surface area (Å²) >= 11 is 0. The van der Waals surface area contributed by atoms with Crippen LogP contribution in [-0.4, -0.2) is 25.3 Å². The highest BCUT2D eigenvalue weighted by atomic mass is 16.5. The summed E-state index contributed by atoms with van der Waals surface area (Å²) in [6.45, 7) is 8.66. The molecule has 2 heteroatoms. The first kappa shape index (κ1) is 11.9. The second-order valence-electron chi connectivity index (χ2n) is 4.60. The molecule has 0 rings (SSSR count). The first-order valence-electron chi connectivity index (χ1n) is 4.57. The van der Waals surface area contributed by atoms with Gasteiger partial charge in [-0.25, -0.2) is 0 Å². The lowest BCUT2D eigenvalue weighted by molar-refractivity contribution is 0.00895. The monoisotopic (exact) mass is 173 g/mol. The molecule has 74 valence electrons. The molecule has 0 unspecified atom stereocenters. The van der Waals surface area contributed by atoms with Crippen LogP contribution in [0.5, 0.6) is 0 Å². The lowest BCUT2D eigenvalue weighted by Crippen LogP contribution is -2.38. The Balaban J connectivity index is 3.82. The number of hydrogen-bond acceptors (Lipinski definition) is 2. The van der Waals surface area contributed by atoms with E-state index in [1.807, 2.05) is 7.05 Å². The lowest BCUT2D eigenvalue weighted by Gasteiger charge is -2.30. The van der Waals surface area contributed by atoms with Gasteiger partial charge in [-0.15, -0.1) is 0 Å². The van der Waals surface area contributed by atoms with E-state index in [4.69, 9.17) is 4.74 Å². The zero-order valence-electron chi connectivity index (χ0n) is 9.32. The number of rotatable bonds is 5. The Morgan fingerprint density at radius 3 is 1.92 bits per heavy atom. The fourth-order valence-corrected chi connectivity index (χ4v) is 0.841. The third-order valence-electron chi connectivity index (χ3n) is 2.58. The summed E-state index contributed by atoms with van der Waals surface area (Å²) in [5.41, 5.74) is 0.226. The van der Waals surface area contributed by atoms with Crippen molar-refractivity contribution in [1.82, 2.24) is 5.32 Å². The molecule has 0 aromatic heterocycles. The molecule has 0 fully saturated rings. The van der Waals surface area contributed by atoms with Crippen LogP contribution in [0.3, 0.4) is 0 Å². The number of hydrogen-bond donors (Lipinski definition) is 1. The van der Waals surface area contributed by atoms with Gasteiger partial charge in [0.25, 0.3) is 0 Å². The Labute approximate surface area is 76.7 Å². The van der Waals surface area contributed by atoms with E-state index < -0.39 is 0 Å². The van der Waals surface area contributed by atoms with Crippen LogP contribution < -0.4 is 5.32 Å². The van der Waals surface area contributed by atoms with Crippen molar-refractivity contribution in [2.24, 2.45) is 0 Å². The molecule has 0 aromatic rings. The van der Waals surface area contributed by atoms with Gasteiger partial charge in [0.15, 0.2) is 0 Å². The van der Waals surface area contributed by atoms with Gasteiger partial charge in [-0.2, -0.15) is 0 Å². The molecule has 0 saturated carbocycles. The van der Waals surface area contributed by atoms with E-state index >= 15 is 0 Å². The topological polar surface area (TPSA) is 21.3 Å². The van der Waals surface area contributed by atoms with Crippen LogP contribution >= 0.6 is 0 Å². The summed E-state index contributed by atoms with van der Waals surface area (Å²) in [5.74, 6) is 0. The van der Waals surface area contributed by atoms with Crippen molar-refractivity contribution in [3.05, 3.63) is 0 Å². The molecule has 0 amide bonds. The van der Waals surface area contributed by atoms with E-state index in [1.165, 1.54) is 0 Å². The third-order valence-corrected chi connectivity index (χ3v) is 2.58. The van der Waals surface area contributed by atoms with E-state index in [0.29, 0.717) is 0 Å². The molecule has 0 bridgehead atoms. The minimum atomic E-state index is 0.00806. The molecule has 0 aliphatic rings. The molecular formula is C10H23NO. The molecule has 1 N–H and O–H groups in total. The summed E-state index contributed by atoms with van der Waals surface area (Å²) in [5, 5.41) is 3.28. The van der Waals surface area contributed by atoms with Crippen molar-refractivity contribution in [3.8, 4) is 0 Å². The Kier molecular flexibility index (Phi) is 4.21. The van der Waals surface area contributed by atoms with E-state index in [-0.39, 0.29) is 11.1 Å². The summed E-state index contributed by atoms with van der Waals surface area (Å²) in [7, 11) is 3.77. The van der Waals surface area contributed by atoms with Gasteiger partial charge in [0.1, 0.15) is 0 Å². The largest absolute Gasteiger partial charge is 0.379 e. The van der Waals surface area contributed by atoms with Gasteiger partial charge < -0.3 is 10.1 Å². The molecule has 0 heterocycles. The smallest absolute Gasteiger partial charge is 0.0623 e. The maximum Gasteiger partial charge on any atom is 0.0623 e. The maximum atomic E-state index is 5.35. The normalized spacial score (nSPS) is 13.5. The summed E-state index contributed by atoms with van der Waals surface area (Å²) in [6.07, 6.45) is 2.21. The summed E-state index contributed by atoms with van der Waals surface area (Å²) in [6, 6.07) is 0. The van der Waals surface area contributed by atoms with Crippen molar-refractivity contribution in [2.45, 2.75) is 51.7 Å². The molecule has 0 aromatic carbocycles. The molecule has 0 aliphatic heterocycles. The average molecular weight is 173 g/mol. The van der Waals surface area contributed by atoms with Gasteiger partial charge in [-0.1, -0.05) is 0 Å². The molecule has 0 spiro atoms. The van der Waals surface area contributed by atoms with Crippen LogP contribution in [0.4, 0.5) is 0 Å². The van der Waals surface area contributed by atoms with Gasteiger partial charge in [0, 0.05) is 12.6 Å². The van der Waals surface area contributed by atoms with E-state index in [0.717, 1.165) is 12.8 Å². The zero-order chi connectivity index (χ0) is 9.83. The SMILES string of the molecule is CNC(C)(C)CCC(C)(C)OC. The fourth-order valence-electron chi connectivity index (χ4n) is 0.841. The van der Waals surface area contributed by atoms with E-state index in [1.54, 1.807) is 7.11 Å². The summed E-state index contributed by atoms with van der Waals surface area (Å²) < 4.78 is 5.35. The van der Waals surface area contributed by atoms with Crippen molar-refractivity contribution in [2.75, 3.05) is 14.2 Å². The zero-order valence-corrected chi connectivity index (χ0v) is 9.32. The standard InChI is InChI=1S/C10H23NO/c1-9(2,11-5)7-8-10(3,4)12-6/h11H,7-8H2,1-6H3. The van der Waals surface area contributed by atoms with E-state index in [2.05, 4.69) is 33.0 Å². The average Bonchev–Trinajstić information content (AvgIpc) is 2.02. The molecule has 2 nitrogen and oxygen atoms in total. The van der Waals surface area contributed by atoms with Crippen LogP contribution in [0.1, 0.15) is 40.5 Å². The quantitative estimate of drug-likeness (QED) is 0.688. The van der Waals surface area contributed by atoms with Crippen LogP contribution in [0.15, 0.2) is 0 Å². The lowest BCUT2D eigenvalue weighted by atomic mass is 9.92. The Bertz CT molecular complexity index is 114. The molecule has 0 aliphatic carbocycles. The second-order valence-corrected chi connectivity index (χ2v) is 4.60. The Hall–Kier alpha value is -0.0800. The molecule has 0 atom stereocenters. The van der Waals surface area contributed by atoms with Crippen molar-refractivity contribution >= 4 is 0 Å². The number of ether oxygens (including phenoxy) is 1. The van der Waals surface area contributed by atoms with Crippen molar-refractivity contribution < 1.29 is 4.74 Å². The fraction of sp³-hybridized carbons (Fsp3) is 1.00. The number of methoxy groups -OCH3 is 1. The molecule has 0 saturated heterocycles. The highest BCUT2D eigenvalue weighted by molar-refractivity contribution is 4.79. The minimum absolute atomic E-state index is 0.00806. The summed E-state index contributed by atoms with van der Waals surface area (Å²) in [4.78, 5) is 0. The number of nitrogens with one attached hydrogen (secondary N) is 1. The van der Waals surface area contributed by atoms with Crippen molar-refractivity contribution in [1.29, 1.82) is 0 Å². The van der Waals surface area contributed by atoms with Gasteiger partial charge in [-0.3, -0.25) is 0 Å². The van der Waals surface area contributed by atoms with Gasteiger partial charge in [-0.05, 0) is 47.6 Å². The van der Waals surface area contributed by atoms with Gasteiger partial charge in [0.05, 0.1) is 5.60 Å². The predicted octanol–water partition coefficient (Wildman–Crippen LogP) is 2.19. The molecule has 0 radical (unpaired) electrons. The highest BCUT2D eigenvalue weighted by Crippen LogP contribution is 2.20. The Morgan fingerprint density at radius 2 is 1.58 bits per heavy atom. The van der Waals surface area contributed by atoms with Crippen LogP contribution in [0.2, 0.25) is 0 Å². The van der Waals surface area contributed by atoms with Gasteiger partial charge >= 0.3 is 0 Å². The second kappa shape index (κ2) is 4.24. The first-order chi connectivity index (χ1) is 5.33. The third kappa shape index (κ3) is 4.73. The van der Waals surface area contributed by atoms with Crippen LogP contribution in [0, 0.1) is 0 Å². The predicted molar refractivity (Wildman–Crippen MR) is 53.5 cm³/mol. The van der Waals surface area contributed by atoms with Crippen LogP contribution in [-0.2, 0) is 4.74 Å². The maximum absolute atomic E-state index is 5.35. The highest BCUT2D eigenvalue weighted by Gasteiger charge is 2.22. The van der Waals surface area contributed by atoms with E-state index in [9.17, 15) is 0 Å². The molecule has 12 heavy (non-hydrogen) atoms.